The maximum atomic E-state index is 10.8. The summed E-state index contributed by atoms with van der Waals surface area (Å²) < 4.78 is 4.99. The molecule has 0 amide bonds. The average molecular weight is 357 g/mol. The van der Waals surface area contributed by atoms with Crippen LogP contribution in [-0.2, 0) is 11.2 Å². The van der Waals surface area contributed by atoms with E-state index in [4.69, 9.17) is 4.74 Å². The molecule has 0 saturated heterocycles. The summed E-state index contributed by atoms with van der Waals surface area (Å²) in [4.78, 5) is 10.8. The van der Waals surface area contributed by atoms with Gasteiger partial charge in [-0.25, -0.2) is 0 Å². The number of carbonyl (C=O) groups excluding carboxylic acids is 1. The molecule has 0 atom stereocenters. The van der Waals surface area contributed by atoms with Crippen molar-refractivity contribution in [1.82, 2.24) is 0 Å². The third kappa shape index (κ3) is 1.85. The van der Waals surface area contributed by atoms with Crippen molar-refractivity contribution in [2.24, 2.45) is 0 Å². The van der Waals surface area contributed by atoms with Gasteiger partial charge in [-0.05, 0) is 18.1 Å². The third-order valence-corrected chi connectivity index (χ3v) is 1.79. The van der Waals surface area contributed by atoms with E-state index in [1.807, 2.05) is 24.3 Å². The topological polar surface area (TPSA) is 26.3 Å². The number of para-hydroxylation sites is 1. The van der Waals surface area contributed by atoms with E-state index in [-0.39, 0.29) is 33.3 Å². The number of hydrogen-bond acceptors (Lipinski definition) is 2. The van der Waals surface area contributed by atoms with Crippen LogP contribution in [-0.4, -0.2) is 33.3 Å². The van der Waals surface area contributed by atoms with Crippen LogP contribution in [0.4, 0.5) is 0 Å². The molecule has 2 rings (SSSR count). The van der Waals surface area contributed by atoms with Crippen molar-refractivity contribution in [3.8, 4) is 5.75 Å². The average Bonchev–Trinajstić information content (AvgIpc) is 2.04. The number of carbonyl (C=O) groups is 1. The molecule has 0 aromatic heterocycles. The van der Waals surface area contributed by atoms with Crippen LogP contribution in [0.25, 0.3) is 0 Å². The second kappa shape index (κ2) is 4.02. The van der Waals surface area contributed by atoms with Gasteiger partial charge in [0.05, 0.1) is 6.42 Å². The second-order valence-corrected chi connectivity index (χ2v) is 2.58. The molecule has 0 aliphatic carbocycles. The van der Waals surface area contributed by atoms with Crippen LogP contribution < -0.4 is 4.74 Å². The molecule has 1 aromatic carbocycles. The number of esters is 1. The van der Waals surface area contributed by atoms with Gasteiger partial charge in [0.1, 0.15) is 5.75 Å². The molecule has 0 saturated carbocycles. The van der Waals surface area contributed by atoms with E-state index < -0.39 is 0 Å². The molecular formula is C9H10O2Pb. The minimum atomic E-state index is -0.122. The first-order valence-electron chi connectivity index (χ1n) is 3.65. The quantitative estimate of drug-likeness (QED) is 0.387. The zero-order valence-electron chi connectivity index (χ0n) is 6.75. The van der Waals surface area contributed by atoms with Crippen LogP contribution in [0.3, 0.4) is 0 Å². The van der Waals surface area contributed by atoms with E-state index in [0.29, 0.717) is 6.42 Å². The molecule has 1 aliphatic rings. The Hall–Kier alpha value is -0.388. The summed E-state index contributed by atoms with van der Waals surface area (Å²) in [6.45, 7) is 0. The molecular weight excluding hydrogens is 347 g/mol. The molecule has 1 heterocycles. The summed E-state index contributed by atoms with van der Waals surface area (Å²) in [6.07, 6.45) is 1.33. The molecule has 0 spiro atoms. The molecule has 2 radical (unpaired) electrons. The summed E-state index contributed by atoms with van der Waals surface area (Å²) in [5.41, 5.74) is 1.13. The Bertz CT molecular complexity index is 296. The third-order valence-electron chi connectivity index (χ3n) is 1.79. The SMILES string of the molecule is O=C1CCc2ccccc2O1.[PbH2]. The molecule has 12 heavy (non-hydrogen) atoms. The van der Waals surface area contributed by atoms with Gasteiger partial charge in [0, 0.05) is 0 Å². The number of rotatable bonds is 0. The van der Waals surface area contributed by atoms with Crippen molar-refractivity contribution in [3.05, 3.63) is 29.8 Å². The van der Waals surface area contributed by atoms with E-state index in [1.54, 1.807) is 0 Å². The Balaban J connectivity index is 0.000000720. The summed E-state index contributed by atoms with van der Waals surface area (Å²) >= 11 is 0. The second-order valence-electron chi connectivity index (χ2n) is 2.58. The van der Waals surface area contributed by atoms with Gasteiger partial charge < -0.3 is 4.74 Å². The number of ether oxygens (including phenoxy) is 1. The molecule has 0 N–H and O–H groups in total. The van der Waals surface area contributed by atoms with E-state index in [1.165, 1.54) is 0 Å². The van der Waals surface area contributed by atoms with Crippen LogP contribution in [0, 0.1) is 0 Å². The predicted octanol–water partition coefficient (Wildman–Crippen LogP) is 0.622. The maximum absolute atomic E-state index is 10.8. The summed E-state index contributed by atoms with van der Waals surface area (Å²) in [5, 5.41) is 0. The molecule has 62 valence electrons. The Morgan fingerprint density at radius 2 is 1.92 bits per heavy atom. The zero-order chi connectivity index (χ0) is 7.68. The van der Waals surface area contributed by atoms with Gasteiger partial charge in [0.15, 0.2) is 0 Å². The monoisotopic (exact) mass is 358 g/mol. The number of benzene rings is 1. The van der Waals surface area contributed by atoms with Gasteiger partial charge in [0.2, 0.25) is 0 Å². The van der Waals surface area contributed by atoms with E-state index >= 15 is 0 Å². The van der Waals surface area contributed by atoms with E-state index in [2.05, 4.69) is 0 Å². The summed E-state index contributed by atoms with van der Waals surface area (Å²) in [6, 6.07) is 7.64. The van der Waals surface area contributed by atoms with Gasteiger partial charge in [-0.3, -0.25) is 4.79 Å². The Morgan fingerprint density at radius 3 is 2.75 bits per heavy atom. The van der Waals surface area contributed by atoms with Crippen LogP contribution in [0.2, 0.25) is 0 Å². The Kier molecular flexibility index (Phi) is 3.25. The van der Waals surface area contributed by atoms with Crippen LogP contribution in [0.1, 0.15) is 12.0 Å². The first-order valence-corrected chi connectivity index (χ1v) is 3.65. The molecule has 1 aromatic rings. The van der Waals surface area contributed by atoms with Gasteiger partial charge in [-0.2, -0.15) is 0 Å². The molecule has 0 unspecified atom stereocenters. The van der Waals surface area contributed by atoms with Crippen LogP contribution in [0.5, 0.6) is 5.75 Å². The normalized spacial score (nSPS) is 14.2. The van der Waals surface area contributed by atoms with Crippen molar-refractivity contribution in [2.45, 2.75) is 12.8 Å². The first kappa shape index (κ1) is 9.70. The Labute approximate surface area is 91.1 Å². The van der Waals surface area contributed by atoms with Crippen molar-refractivity contribution < 1.29 is 9.53 Å². The van der Waals surface area contributed by atoms with Gasteiger partial charge in [0.25, 0.3) is 0 Å². The number of fused-ring (bicyclic) bond motifs is 1. The van der Waals surface area contributed by atoms with E-state index in [9.17, 15) is 4.79 Å². The zero-order valence-corrected chi connectivity index (χ0v) is 12.2. The number of hydrogen-bond donors (Lipinski definition) is 0. The standard InChI is InChI=1S/C9H8O2.Pb.2H/c10-9-6-5-7-3-1-2-4-8(7)11-9;;;/h1-4H,5-6H2;;;. The molecule has 0 fully saturated rings. The Morgan fingerprint density at radius 1 is 1.17 bits per heavy atom. The van der Waals surface area contributed by atoms with Gasteiger partial charge >= 0.3 is 33.3 Å². The van der Waals surface area contributed by atoms with E-state index in [0.717, 1.165) is 17.7 Å². The first-order chi connectivity index (χ1) is 5.36. The summed E-state index contributed by atoms with van der Waals surface area (Å²) in [7, 11) is 0. The molecule has 2 nitrogen and oxygen atoms in total. The van der Waals surface area contributed by atoms with Crippen molar-refractivity contribution in [3.63, 3.8) is 0 Å². The minimum absolute atomic E-state index is 0. The van der Waals surface area contributed by atoms with Gasteiger partial charge in [-0.1, -0.05) is 18.2 Å². The van der Waals surface area contributed by atoms with Crippen molar-refractivity contribution in [2.75, 3.05) is 0 Å². The number of aryl methyl sites for hydroxylation is 1. The molecule has 0 bridgehead atoms. The van der Waals surface area contributed by atoms with Crippen LogP contribution in [0.15, 0.2) is 24.3 Å². The fraction of sp³-hybridized carbons (Fsp3) is 0.222. The van der Waals surface area contributed by atoms with Crippen LogP contribution >= 0.6 is 0 Å². The van der Waals surface area contributed by atoms with Crippen molar-refractivity contribution in [1.29, 1.82) is 0 Å². The molecule has 3 heteroatoms. The fourth-order valence-corrected chi connectivity index (χ4v) is 1.22. The molecule has 1 aliphatic heterocycles. The van der Waals surface area contributed by atoms with Gasteiger partial charge in [-0.15, -0.1) is 0 Å². The summed E-state index contributed by atoms with van der Waals surface area (Å²) in [5.74, 6) is 0.604. The fourth-order valence-electron chi connectivity index (χ4n) is 1.22. The van der Waals surface area contributed by atoms with Crippen molar-refractivity contribution >= 4 is 33.3 Å². The predicted molar refractivity (Wildman–Crippen MR) is 48.9 cm³/mol.